The summed E-state index contributed by atoms with van der Waals surface area (Å²) in [5.74, 6) is -0.221. The lowest BCUT2D eigenvalue weighted by Crippen LogP contribution is -2.43. The molecule has 4 unspecified atom stereocenters. The SMILES string of the molecule is CC1CCN(C(=O)C2CC2C(=O)O)CC1C. The van der Waals surface area contributed by atoms with E-state index in [9.17, 15) is 9.59 Å². The van der Waals surface area contributed by atoms with Gasteiger partial charge in [-0.2, -0.15) is 0 Å². The van der Waals surface area contributed by atoms with Gasteiger partial charge in [-0.05, 0) is 24.7 Å². The first-order valence-electron chi connectivity index (χ1n) is 6.02. The van der Waals surface area contributed by atoms with Crippen molar-refractivity contribution in [3.63, 3.8) is 0 Å². The van der Waals surface area contributed by atoms with Gasteiger partial charge in [0.05, 0.1) is 11.8 Å². The van der Waals surface area contributed by atoms with Gasteiger partial charge in [0.1, 0.15) is 0 Å². The van der Waals surface area contributed by atoms with Crippen molar-refractivity contribution < 1.29 is 14.7 Å². The highest BCUT2D eigenvalue weighted by atomic mass is 16.4. The highest BCUT2D eigenvalue weighted by Gasteiger charge is 2.50. The Morgan fingerprint density at radius 2 is 1.88 bits per heavy atom. The summed E-state index contributed by atoms with van der Waals surface area (Å²) < 4.78 is 0. The van der Waals surface area contributed by atoms with Crippen LogP contribution in [-0.4, -0.2) is 35.0 Å². The minimum atomic E-state index is -0.822. The van der Waals surface area contributed by atoms with Crippen LogP contribution < -0.4 is 0 Å². The first-order valence-corrected chi connectivity index (χ1v) is 6.02. The quantitative estimate of drug-likeness (QED) is 0.768. The Morgan fingerprint density at radius 3 is 2.38 bits per heavy atom. The molecule has 1 N–H and O–H groups in total. The van der Waals surface area contributed by atoms with Crippen molar-refractivity contribution in [1.82, 2.24) is 4.90 Å². The van der Waals surface area contributed by atoms with Crippen molar-refractivity contribution in [2.24, 2.45) is 23.7 Å². The Kier molecular flexibility index (Phi) is 2.91. The highest BCUT2D eigenvalue weighted by Crippen LogP contribution is 2.41. The Labute approximate surface area is 95.6 Å². The zero-order valence-corrected chi connectivity index (χ0v) is 9.85. The maximum Gasteiger partial charge on any atom is 0.307 e. The number of likely N-dealkylation sites (tertiary alicyclic amines) is 1. The van der Waals surface area contributed by atoms with E-state index in [2.05, 4.69) is 13.8 Å². The number of carbonyl (C=O) groups is 2. The fourth-order valence-corrected chi connectivity index (χ4v) is 2.44. The van der Waals surface area contributed by atoms with Gasteiger partial charge in [0.2, 0.25) is 5.91 Å². The molecule has 4 heteroatoms. The van der Waals surface area contributed by atoms with Gasteiger partial charge in [-0.1, -0.05) is 13.8 Å². The van der Waals surface area contributed by atoms with Crippen molar-refractivity contribution >= 4 is 11.9 Å². The molecule has 4 nitrogen and oxygen atoms in total. The van der Waals surface area contributed by atoms with Crippen LogP contribution in [0.15, 0.2) is 0 Å². The number of carbonyl (C=O) groups excluding carboxylic acids is 1. The van der Waals surface area contributed by atoms with Crippen LogP contribution in [0.5, 0.6) is 0 Å². The molecule has 90 valence electrons. The van der Waals surface area contributed by atoms with E-state index in [0.29, 0.717) is 18.3 Å². The van der Waals surface area contributed by atoms with Crippen LogP contribution in [0.2, 0.25) is 0 Å². The van der Waals surface area contributed by atoms with Crippen molar-refractivity contribution in [1.29, 1.82) is 0 Å². The van der Waals surface area contributed by atoms with Gasteiger partial charge >= 0.3 is 5.97 Å². The molecule has 2 fully saturated rings. The lowest BCUT2D eigenvalue weighted by molar-refractivity contribution is -0.142. The molecule has 4 atom stereocenters. The predicted molar refractivity (Wildman–Crippen MR) is 58.8 cm³/mol. The van der Waals surface area contributed by atoms with Crippen LogP contribution in [0.4, 0.5) is 0 Å². The number of hydrogen-bond acceptors (Lipinski definition) is 2. The number of aliphatic carboxylic acids is 1. The first kappa shape index (κ1) is 11.4. The molecule has 1 aliphatic carbocycles. The second-order valence-corrected chi connectivity index (χ2v) is 5.31. The van der Waals surface area contributed by atoms with E-state index in [4.69, 9.17) is 5.11 Å². The van der Waals surface area contributed by atoms with Gasteiger partial charge in [0, 0.05) is 13.1 Å². The molecule has 1 amide bonds. The molecule has 1 aliphatic heterocycles. The molecular weight excluding hydrogens is 206 g/mol. The number of piperidine rings is 1. The molecule has 1 saturated heterocycles. The van der Waals surface area contributed by atoms with Crippen LogP contribution in [0.1, 0.15) is 26.7 Å². The number of nitrogens with zero attached hydrogens (tertiary/aromatic N) is 1. The highest BCUT2D eigenvalue weighted by molar-refractivity contribution is 5.89. The molecule has 0 aromatic carbocycles. The number of carboxylic acids is 1. The van der Waals surface area contributed by atoms with E-state index in [-0.39, 0.29) is 11.8 Å². The summed E-state index contributed by atoms with van der Waals surface area (Å²) in [6.45, 7) is 5.96. The molecule has 16 heavy (non-hydrogen) atoms. The Hall–Kier alpha value is -1.06. The number of hydrogen-bond donors (Lipinski definition) is 1. The Balaban J connectivity index is 1.90. The van der Waals surface area contributed by atoms with Crippen LogP contribution in [0, 0.1) is 23.7 Å². The third-order valence-corrected chi connectivity index (χ3v) is 4.07. The monoisotopic (exact) mass is 225 g/mol. The largest absolute Gasteiger partial charge is 0.481 e. The molecule has 0 aromatic heterocycles. The minimum absolute atomic E-state index is 0.0613. The maximum atomic E-state index is 12.0. The van der Waals surface area contributed by atoms with Crippen molar-refractivity contribution in [2.45, 2.75) is 26.7 Å². The van der Waals surface area contributed by atoms with Crippen molar-refractivity contribution in [3.8, 4) is 0 Å². The number of amides is 1. The van der Waals surface area contributed by atoms with E-state index >= 15 is 0 Å². The summed E-state index contributed by atoms with van der Waals surface area (Å²) in [5, 5.41) is 8.79. The fraction of sp³-hybridized carbons (Fsp3) is 0.833. The van der Waals surface area contributed by atoms with E-state index in [1.54, 1.807) is 0 Å². The summed E-state index contributed by atoms with van der Waals surface area (Å²) in [6, 6.07) is 0. The van der Waals surface area contributed by atoms with Crippen LogP contribution in [-0.2, 0) is 9.59 Å². The standard InChI is InChI=1S/C12H19NO3/c1-7-3-4-13(6-8(7)2)11(14)9-5-10(9)12(15)16/h7-10H,3-6H2,1-2H3,(H,15,16). The average Bonchev–Trinajstić information content (AvgIpc) is 3.01. The van der Waals surface area contributed by atoms with Crippen LogP contribution in [0.3, 0.4) is 0 Å². The molecule has 1 heterocycles. The minimum Gasteiger partial charge on any atom is -0.481 e. The summed E-state index contributed by atoms with van der Waals surface area (Å²) in [5.41, 5.74) is 0. The number of carboxylic acid groups (broad SMARTS) is 1. The molecule has 0 radical (unpaired) electrons. The summed E-state index contributed by atoms with van der Waals surface area (Å²) in [4.78, 5) is 24.6. The molecule has 1 saturated carbocycles. The normalized spacial score (nSPS) is 38.2. The molecule has 0 aromatic rings. The lowest BCUT2D eigenvalue weighted by atomic mass is 9.88. The smallest absolute Gasteiger partial charge is 0.307 e. The van der Waals surface area contributed by atoms with E-state index in [1.807, 2.05) is 4.90 Å². The van der Waals surface area contributed by atoms with Crippen LogP contribution >= 0.6 is 0 Å². The average molecular weight is 225 g/mol. The van der Waals surface area contributed by atoms with E-state index in [0.717, 1.165) is 19.5 Å². The summed E-state index contributed by atoms with van der Waals surface area (Å²) in [6.07, 6.45) is 1.58. The second-order valence-electron chi connectivity index (χ2n) is 5.31. The summed E-state index contributed by atoms with van der Waals surface area (Å²) in [7, 11) is 0. The Morgan fingerprint density at radius 1 is 1.19 bits per heavy atom. The zero-order valence-electron chi connectivity index (χ0n) is 9.85. The van der Waals surface area contributed by atoms with Gasteiger partial charge in [-0.15, -0.1) is 0 Å². The topological polar surface area (TPSA) is 57.6 Å². The summed E-state index contributed by atoms with van der Waals surface area (Å²) >= 11 is 0. The molecule has 0 bridgehead atoms. The van der Waals surface area contributed by atoms with Gasteiger partial charge in [0.25, 0.3) is 0 Å². The second kappa shape index (κ2) is 4.07. The fourth-order valence-electron chi connectivity index (χ4n) is 2.44. The van der Waals surface area contributed by atoms with Crippen molar-refractivity contribution in [2.75, 3.05) is 13.1 Å². The first-order chi connectivity index (χ1) is 7.50. The number of rotatable bonds is 2. The molecule has 2 rings (SSSR count). The Bertz CT molecular complexity index is 315. The zero-order chi connectivity index (χ0) is 11.9. The van der Waals surface area contributed by atoms with Crippen molar-refractivity contribution in [3.05, 3.63) is 0 Å². The molecular formula is C12H19NO3. The van der Waals surface area contributed by atoms with Gasteiger partial charge in [-0.3, -0.25) is 9.59 Å². The van der Waals surface area contributed by atoms with Gasteiger partial charge in [-0.25, -0.2) is 0 Å². The molecule has 0 spiro atoms. The van der Waals surface area contributed by atoms with Gasteiger partial charge in [0.15, 0.2) is 0 Å². The predicted octanol–water partition coefficient (Wildman–Crippen LogP) is 1.21. The lowest BCUT2D eigenvalue weighted by Gasteiger charge is -2.35. The van der Waals surface area contributed by atoms with E-state index < -0.39 is 11.9 Å². The van der Waals surface area contributed by atoms with Gasteiger partial charge < -0.3 is 10.0 Å². The molecule has 2 aliphatic rings. The van der Waals surface area contributed by atoms with E-state index in [1.165, 1.54) is 0 Å². The maximum absolute atomic E-state index is 12.0. The third-order valence-electron chi connectivity index (χ3n) is 4.07. The third kappa shape index (κ3) is 2.06. The van der Waals surface area contributed by atoms with Crippen LogP contribution in [0.25, 0.3) is 0 Å².